The lowest BCUT2D eigenvalue weighted by molar-refractivity contribution is 1.39. The fourth-order valence-corrected chi connectivity index (χ4v) is 2.30. The summed E-state index contributed by atoms with van der Waals surface area (Å²) in [4.78, 5) is 4.18. The molecule has 0 aliphatic carbocycles. The number of rotatable bonds is 1. The molecule has 2 aromatic rings. The maximum atomic E-state index is 6.18. The van der Waals surface area contributed by atoms with E-state index in [1.807, 2.05) is 24.4 Å². The molecule has 0 unspecified atom stereocenters. The Kier molecular flexibility index (Phi) is 2.87. The molecule has 1 heterocycles. The Morgan fingerprint density at radius 1 is 1.33 bits per heavy atom. The molecule has 2 rings (SSSR count). The fraction of sp³-hybridized carbons (Fsp3) is 0.100. The van der Waals surface area contributed by atoms with E-state index in [0.717, 1.165) is 16.8 Å². The summed E-state index contributed by atoms with van der Waals surface area (Å²) < 4.78 is 0. The van der Waals surface area contributed by atoms with Crippen LogP contribution >= 0.6 is 34.5 Å². The fourth-order valence-electron chi connectivity index (χ4n) is 1.27. The van der Waals surface area contributed by atoms with Crippen LogP contribution in [0.1, 0.15) is 5.56 Å². The Labute approximate surface area is 102 Å². The number of nitrogens with zero attached hydrogens (tertiary/aromatic N) is 1. The molecule has 0 aliphatic rings. The lowest BCUT2D eigenvalue weighted by Gasteiger charge is -2.05. The minimum atomic E-state index is 0.536. The van der Waals surface area contributed by atoms with Crippen LogP contribution in [-0.4, -0.2) is 4.98 Å². The molecule has 15 heavy (non-hydrogen) atoms. The van der Waals surface area contributed by atoms with E-state index in [9.17, 15) is 0 Å². The summed E-state index contributed by atoms with van der Waals surface area (Å²) in [5, 5.41) is 3.71. The first-order valence-corrected chi connectivity index (χ1v) is 5.89. The van der Waals surface area contributed by atoms with Gasteiger partial charge in [0, 0.05) is 16.0 Å². The average Bonchev–Trinajstić information content (AvgIpc) is 2.61. The molecule has 5 heteroatoms. The molecule has 0 saturated carbocycles. The van der Waals surface area contributed by atoms with E-state index in [0.29, 0.717) is 15.2 Å². The predicted molar refractivity (Wildman–Crippen MR) is 66.7 cm³/mol. The normalized spacial score (nSPS) is 10.6. The van der Waals surface area contributed by atoms with Gasteiger partial charge in [0.1, 0.15) is 0 Å². The number of hydrogen-bond donors (Lipinski definition) is 1. The van der Waals surface area contributed by atoms with Gasteiger partial charge >= 0.3 is 0 Å². The van der Waals surface area contributed by atoms with Crippen LogP contribution in [0, 0.1) is 6.92 Å². The molecule has 1 aromatic carbocycles. The van der Waals surface area contributed by atoms with Gasteiger partial charge in [-0.3, -0.25) is 0 Å². The first-order chi connectivity index (χ1) is 7.09. The number of hydrogen-bond acceptors (Lipinski definition) is 3. The maximum absolute atomic E-state index is 6.18. The monoisotopic (exact) mass is 258 g/mol. The van der Waals surface area contributed by atoms with Crippen molar-refractivity contribution in [3.8, 4) is 11.3 Å². The zero-order valence-corrected chi connectivity index (χ0v) is 10.2. The van der Waals surface area contributed by atoms with Gasteiger partial charge in [-0.2, -0.15) is 0 Å². The van der Waals surface area contributed by atoms with Crippen LogP contribution in [0.5, 0.6) is 0 Å². The summed E-state index contributed by atoms with van der Waals surface area (Å²) in [5.74, 6) is 0. The highest BCUT2D eigenvalue weighted by Gasteiger charge is 2.10. The summed E-state index contributed by atoms with van der Waals surface area (Å²) in [5.41, 5.74) is 8.10. The molecule has 2 nitrogen and oxygen atoms in total. The number of nitrogens with two attached hydrogens (primary N) is 1. The molecule has 78 valence electrons. The van der Waals surface area contributed by atoms with E-state index < -0.39 is 0 Å². The van der Waals surface area contributed by atoms with E-state index >= 15 is 0 Å². The third-order valence-electron chi connectivity index (χ3n) is 2.12. The van der Waals surface area contributed by atoms with Gasteiger partial charge in [0.15, 0.2) is 5.13 Å². The standard InChI is InChI=1S/C10H8Cl2N2S/c1-5-7(11)3-2-6(9(5)12)8-4-15-10(13)14-8/h2-4H,1H3,(H2,13,14). The number of nitrogen functional groups attached to an aromatic ring is 1. The molecule has 0 aliphatic heterocycles. The van der Waals surface area contributed by atoms with Gasteiger partial charge < -0.3 is 5.73 Å². The van der Waals surface area contributed by atoms with E-state index in [1.54, 1.807) is 0 Å². The van der Waals surface area contributed by atoms with E-state index in [1.165, 1.54) is 11.3 Å². The first-order valence-electron chi connectivity index (χ1n) is 4.25. The van der Waals surface area contributed by atoms with Gasteiger partial charge in [0.05, 0.1) is 10.7 Å². The summed E-state index contributed by atoms with van der Waals surface area (Å²) in [7, 11) is 0. The van der Waals surface area contributed by atoms with Crippen molar-refractivity contribution in [2.75, 3.05) is 5.73 Å². The smallest absolute Gasteiger partial charge is 0.180 e. The third-order valence-corrected chi connectivity index (χ3v) is 3.69. The van der Waals surface area contributed by atoms with E-state index in [2.05, 4.69) is 4.98 Å². The van der Waals surface area contributed by atoms with E-state index in [-0.39, 0.29) is 0 Å². The number of benzene rings is 1. The molecule has 2 N–H and O–H groups in total. The zero-order valence-electron chi connectivity index (χ0n) is 7.92. The molecular weight excluding hydrogens is 251 g/mol. The minimum Gasteiger partial charge on any atom is -0.375 e. The second-order valence-corrected chi connectivity index (χ2v) is 4.78. The Bertz CT molecular complexity index is 508. The Hall–Kier alpha value is -0.770. The van der Waals surface area contributed by atoms with Crippen LogP contribution in [-0.2, 0) is 0 Å². The van der Waals surface area contributed by atoms with Crippen LogP contribution in [0.25, 0.3) is 11.3 Å². The Balaban J connectivity index is 2.59. The topological polar surface area (TPSA) is 38.9 Å². The SMILES string of the molecule is Cc1c(Cl)ccc(-c2csc(N)n2)c1Cl. The Morgan fingerprint density at radius 2 is 2.07 bits per heavy atom. The summed E-state index contributed by atoms with van der Waals surface area (Å²) >= 11 is 13.5. The summed E-state index contributed by atoms with van der Waals surface area (Å²) in [6.45, 7) is 1.88. The Morgan fingerprint density at radius 3 is 2.67 bits per heavy atom. The number of thiazole rings is 1. The van der Waals surface area contributed by atoms with Crippen molar-refractivity contribution in [3.05, 3.63) is 33.1 Å². The molecule has 0 fully saturated rings. The number of aromatic nitrogens is 1. The van der Waals surface area contributed by atoms with Crippen molar-refractivity contribution in [3.63, 3.8) is 0 Å². The maximum Gasteiger partial charge on any atom is 0.180 e. The van der Waals surface area contributed by atoms with Gasteiger partial charge in [0.2, 0.25) is 0 Å². The second kappa shape index (κ2) is 4.00. The van der Waals surface area contributed by atoms with Crippen molar-refractivity contribution in [1.29, 1.82) is 0 Å². The van der Waals surface area contributed by atoms with Crippen molar-refractivity contribution >= 4 is 39.7 Å². The van der Waals surface area contributed by atoms with E-state index in [4.69, 9.17) is 28.9 Å². The highest BCUT2D eigenvalue weighted by Crippen LogP contribution is 2.34. The molecule has 0 saturated heterocycles. The molecule has 0 atom stereocenters. The van der Waals surface area contributed by atoms with Gasteiger partial charge in [-0.15, -0.1) is 11.3 Å². The summed E-state index contributed by atoms with van der Waals surface area (Å²) in [6, 6.07) is 3.67. The molecule has 1 aromatic heterocycles. The van der Waals surface area contributed by atoms with Crippen LogP contribution in [0.4, 0.5) is 5.13 Å². The largest absolute Gasteiger partial charge is 0.375 e. The van der Waals surface area contributed by atoms with Gasteiger partial charge in [-0.25, -0.2) is 4.98 Å². The van der Waals surface area contributed by atoms with Crippen LogP contribution < -0.4 is 5.73 Å². The highest BCUT2D eigenvalue weighted by atomic mass is 35.5. The van der Waals surface area contributed by atoms with Crippen LogP contribution in [0.15, 0.2) is 17.5 Å². The van der Waals surface area contributed by atoms with Gasteiger partial charge in [-0.05, 0) is 24.6 Å². The third kappa shape index (κ3) is 1.95. The van der Waals surface area contributed by atoms with Gasteiger partial charge in [-0.1, -0.05) is 23.2 Å². The second-order valence-electron chi connectivity index (χ2n) is 3.10. The molecule has 0 bridgehead atoms. The lowest BCUT2D eigenvalue weighted by atomic mass is 10.1. The molecule has 0 amide bonds. The average molecular weight is 259 g/mol. The lowest BCUT2D eigenvalue weighted by Crippen LogP contribution is -1.86. The van der Waals surface area contributed by atoms with Crippen molar-refractivity contribution in [1.82, 2.24) is 4.98 Å². The predicted octanol–water partition coefficient (Wildman–Crippen LogP) is 4.01. The van der Waals surface area contributed by atoms with Crippen molar-refractivity contribution < 1.29 is 0 Å². The quantitative estimate of drug-likeness (QED) is 0.840. The van der Waals surface area contributed by atoms with Gasteiger partial charge in [0.25, 0.3) is 0 Å². The molecule has 0 radical (unpaired) electrons. The van der Waals surface area contributed by atoms with Crippen molar-refractivity contribution in [2.24, 2.45) is 0 Å². The highest BCUT2D eigenvalue weighted by molar-refractivity contribution is 7.13. The zero-order chi connectivity index (χ0) is 11.0. The van der Waals surface area contributed by atoms with Crippen molar-refractivity contribution in [2.45, 2.75) is 6.92 Å². The first kappa shape index (κ1) is 10.7. The number of anilines is 1. The number of halogens is 2. The molecule has 0 spiro atoms. The van der Waals surface area contributed by atoms with Crippen LogP contribution in [0.3, 0.4) is 0 Å². The van der Waals surface area contributed by atoms with Crippen LogP contribution in [0.2, 0.25) is 10.0 Å². The molecular formula is C10H8Cl2N2S. The summed E-state index contributed by atoms with van der Waals surface area (Å²) in [6.07, 6.45) is 0. The minimum absolute atomic E-state index is 0.536.